The predicted octanol–water partition coefficient (Wildman–Crippen LogP) is -0.308. The second-order valence-electron chi connectivity index (χ2n) is 6.57. The molecule has 9 nitrogen and oxygen atoms in total. The van der Waals surface area contributed by atoms with E-state index in [0.717, 1.165) is 0 Å². The Morgan fingerprint density at radius 3 is 2.04 bits per heavy atom. The third-order valence-corrected chi connectivity index (χ3v) is 4.83. The summed E-state index contributed by atoms with van der Waals surface area (Å²) in [5.41, 5.74) is 5.46. The van der Waals surface area contributed by atoms with Crippen molar-refractivity contribution in [2.45, 2.75) is 64.7 Å². The van der Waals surface area contributed by atoms with Crippen LogP contribution >= 0.6 is 11.8 Å². The Hall–Kier alpha value is -1.81. The molecule has 0 saturated carbocycles. The number of carbonyl (C=O) groups is 4. The zero-order valence-electron chi connectivity index (χ0n) is 16.6. The molecular weight excluding hydrogens is 372 g/mol. The van der Waals surface area contributed by atoms with Gasteiger partial charge in [-0.25, -0.2) is 4.79 Å². The van der Waals surface area contributed by atoms with Gasteiger partial charge in [0.1, 0.15) is 18.1 Å². The molecule has 0 fully saturated rings. The molecule has 27 heavy (non-hydrogen) atoms. The number of hydrogen-bond donors (Lipinski definition) is 5. The summed E-state index contributed by atoms with van der Waals surface area (Å²) in [7, 11) is 0. The molecule has 3 amide bonds. The highest BCUT2D eigenvalue weighted by molar-refractivity contribution is 7.98. The molecule has 6 N–H and O–H groups in total. The number of nitrogens with two attached hydrogens (primary N) is 1. The van der Waals surface area contributed by atoms with Crippen LogP contribution in [0.15, 0.2) is 0 Å². The zero-order valence-corrected chi connectivity index (χ0v) is 17.4. The van der Waals surface area contributed by atoms with Gasteiger partial charge in [0.2, 0.25) is 17.7 Å². The van der Waals surface area contributed by atoms with Crippen LogP contribution in [0, 0.1) is 5.92 Å². The van der Waals surface area contributed by atoms with Crippen LogP contribution in [0.25, 0.3) is 0 Å². The Morgan fingerprint density at radius 1 is 1.00 bits per heavy atom. The van der Waals surface area contributed by atoms with Crippen molar-refractivity contribution in [3.05, 3.63) is 0 Å². The van der Waals surface area contributed by atoms with E-state index in [-0.39, 0.29) is 5.92 Å². The zero-order chi connectivity index (χ0) is 21.1. The number of nitrogens with one attached hydrogen (secondary N) is 3. The maximum atomic E-state index is 12.6. The SMILES string of the molecule is CCC(C)C(NC(=O)C(CCSC)NC(=O)C(C)NC(=O)C(C)N)C(=O)O. The van der Waals surface area contributed by atoms with Crippen molar-refractivity contribution in [2.75, 3.05) is 12.0 Å². The van der Waals surface area contributed by atoms with E-state index in [9.17, 15) is 24.3 Å². The van der Waals surface area contributed by atoms with E-state index in [1.807, 2.05) is 13.2 Å². The first-order valence-electron chi connectivity index (χ1n) is 8.93. The standard InChI is InChI=1S/C17H32N4O5S/c1-6-9(2)13(17(25)26)21-16(24)12(7-8-27-5)20-15(23)11(4)19-14(22)10(3)18/h9-13H,6-8,18H2,1-5H3,(H,19,22)(H,20,23)(H,21,24)(H,25,26). The quantitative estimate of drug-likeness (QED) is 0.299. The van der Waals surface area contributed by atoms with Gasteiger partial charge in [0, 0.05) is 0 Å². The van der Waals surface area contributed by atoms with Gasteiger partial charge in [0.25, 0.3) is 0 Å². The van der Waals surface area contributed by atoms with Gasteiger partial charge in [-0.1, -0.05) is 20.3 Å². The largest absolute Gasteiger partial charge is 0.480 e. The van der Waals surface area contributed by atoms with Gasteiger partial charge in [0.05, 0.1) is 6.04 Å². The van der Waals surface area contributed by atoms with Crippen molar-refractivity contribution in [2.24, 2.45) is 11.7 Å². The van der Waals surface area contributed by atoms with E-state index in [1.54, 1.807) is 6.92 Å². The van der Waals surface area contributed by atoms with E-state index in [1.165, 1.54) is 25.6 Å². The van der Waals surface area contributed by atoms with Crippen LogP contribution in [0.3, 0.4) is 0 Å². The number of carboxylic acids is 1. The molecule has 10 heteroatoms. The van der Waals surface area contributed by atoms with Gasteiger partial charge in [-0.2, -0.15) is 11.8 Å². The molecule has 0 aliphatic carbocycles. The average Bonchev–Trinajstić information content (AvgIpc) is 2.61. The van der Waals surface area contributed by atoms with Crippen molar-refractivity contribution >= 4 is 35.5 Å². The van der Waals surface area contributed by atoms with Crippen LogP contribution in [0.1, 0.15) is 40.5 Å². The van der Waals surface area contributed by atoms with E-state index >= 15 is 0 Å². The lowest BCUT2D eigenvalue weighted by Crippen LogP contribution is -2.57. The van der Waals surface area contributed by atoms with E-state index < -0.39 is 47.9 Å². The van der Waals surface area contributed by atoms with Crippen LogP contribution in [0.4, 0.5) is 0 Å². The fourth-order valence-corrected chi connectivity index (χ4v) is 2.62. The minimum absolute atomic E-state index is 0.257. The van der Waals surface area contributed by atoms with E-state index in [0.29, 0.717) is 18.6 Å². The Kier molecular flexibility index (Phi) is 11.7. The first-order valence-corrected chi connectivity index (χ1v) is 10.3. The summed E-state index contributed by atoms with van der Waals surface area (Å²) < 4.78 is 0. The minimum atomic E-state index is -1.12. The average molecular weight is 405 g/mol. The maximum absolute atomic E-state index is 12.6. The van der Waals surface area contributed by atoms with Gasteiger partial charge < -0.3 is 26.8 Å². The minimum Gasteiger partial charge on any atom is -0.480 e. The van der Waals surface area contributed by atoms with Crippen molar-refractivity contribution in [1.82, 2.24) is 16.0 Å². The highest BCUT2D eigenvalue weighted by Crippen LogP contribution is 2.09. The lowest BCUT2D eigenvalue weighted by molar-refractivity contribution is -0.143. The number of hydrogen-bond acceptors (Lipinski definition) is 6. The first-order chi connectivity index (χ1) is 12.5. The third kappa shape index (κ3) is 9.09. The molecule has 0 aliphatic heterocycles. The monoisotopic (exact) mass is 404 g/mol. The van der Waals surface area contributed by atoms with Gasteiger partial charge >= 0.3 is 5.97 Å². The van der Waals surface area contributed by atoms with Crippen molar-refractivity contribution in [3.8, 4) is 0 Å². The number of carboxylic acid groups (broad SMARTS) is 1. The molecule has 0 heterocycles. The number of amides is 3. The topological polar surface area (TPSA) is 151 Å². The summed E-state index contributed by atoms with van der Waals surface area (Å²) in [5.74, 6) is -2.36. The summed E-state index contributed by atoms with van der Waals surface area (Å²) in [6, 6.07) is -3.57. The summed E-state index contributed by atoms with van der Waals surface area (Å²) in [6.07, 6.45) is 2.78. The van der Waals surface area contributed by atoms with Crippen molar-refractivity contribution in [1.29, 1.82) is 0 Å². The second kappa shape index (κ2) is 12.6. The van der Waals surface area contributed by atoms with Crippen LogP contribution in [-0.4, -0.2) is 65.0 Å². The maximum Gasteiger partial charge on any atom is 0.326 e. The predicted molar refractivity (Wildman–Crippen MR) is 105 cm³/mol. The molecule has 0 aromatic heterocycles. The molecule has 0 aliphatic rings. The molecule has 0 bridgehead atoms. The summed E-state index contributed by atoms with van der Waals surface area (Å²) >= 11 is 1.50. The van der Waals surface area contributed by atoms with Gasteiger partial charge in [-0.3, -0.25) is 14.4 Å². The Labute approximate surface area is 164 Å². The number of thioether (sulfide) groups is 1. The highest BCUT2D eigenvalue weighted by Gasteiger charge is 2.30. The molecule has 156 valence electrons. The van der Waals surface area contributed by atoms with Crippen LogP contribution in [0.5, 0.6) is 0 Å². The molecule has 5 unspecified atom stereocenters. The fourth-order valence-electron chi connectivity index (χ4n) is 2.15. The summed E-state index contributed by atoms with van der Waals surface area (Å²) in [5, 5.41) is 16.9. The number of carbonyl (C=O) groups excluding carboxylic acids is 3. The van der Waals surface area contributed by atoms with Gasteiger partial charge in [-0.05, 0) is 38.2 Å². The van der Waals surface area contributed by atoms with Gasteiger partial charge in [-0.15, -0.1) is 0 Å². The van der Waals surface area contributed by atoms with Crippen LogP contribution < -0.4 is 21.7 Å². The normalized spacial score (nSPS) is 16.4. The molecular formula is C17H32N4O5S. The van der Waals surface area contributed by atoms with Gasteiger partial charge in [0.15, 0.2) is 0 Å². The van der Waals surface area contributed by atoms with Crippen LogP contribution in [0.2, 0.25) is 0 Å². The van der Waals surface area contributed by atoms with E-state index in [2.05, 4.69) is 16.0 Å². The molecule has 0 aromatic carbocycles. The van der Waals surface area contributed by atoms with Crippen LogP contribution in [-0.2, 0) is 19.2 Å². The summed E-state index contributed by atoms with van der Waals surface area (Å²) in [4.78, 5) is 47.9. The summed E-state index contributed by atoms with van der Waals surface area (Å²) in [6.45, 7) is 6.55. The first kappa shape index (κ1) is 25.2. The number of aliphatic carboxylic acids is 1. The highest BCUT2D eigenvalue weighted by atomic mass is 32.2. The molecule has 0 saturated heterocycles. The number of rotatable bonds is 12. The van der Waals surface area contributed by atoms with Crippen molar-refractivity contribution in [3.63, 3.8) is 0 Å². The van der Waals surface area contributed by atoms with Crippen molar-refractivity contribution < 1.29 is 24.3 Å². The molecule has 0 spiro atoms. The molecule has 5 atom stereocenters. The smallest absolute Gasteiger partial charge is 0.326 e. The molecule has 0 aromatic rings. The Bertz CT molecular complexity index is 529. The lowest BCUT2D eigenvalue weighted by atomic mass is 9.98. The van der Waals surface area contributed by atoms with E-state index in [4.69, 9.17) is 5.73 Å². The lowest BCUT2D eigenvalue weighted by Gasteiger charge is -2.25. The third-order valence-electron chi connectivity index (χ3n) is 4.19. The molecule has 0 radical (unpaired) electrons. The Morgan fingerprint density at radius 2 is 1.59 bits per heavy atom. The molecule has 0 rings (SSSR count). The fraction of sp³-hybridized carbons (Fsp3) is 0.765. The second-order valence-corrected chi connectivity index (χ2v) is 7.56. The Balaban J connectivity index is 5.08.